The van der Waals surface area contributed by atoms with Crippen molar-refractivity contribution < 1.29 is 42.4 Å². The summed E-state index contributed by atoms with van der Waals surface area (Å²) >= 11 is 6.53. The van der Waals surface area contributed by atoms with E-state index < -0.39 is 44.6 Å². The number of imide groups is 2. The van der Waals surface area contributed by atoms with Gasteiger partial charge in [0.25, 0.3) is 11.8 Å². The lowest BCUT2D eigenvalue weighted by Crippen LogP contribution is -2.54. The summed E-state index contributed by atoms with van der Waals surface area (Å²) in [4.78, 5) is 88.5. The Labute approximate surface area is 413 Å². The molecule has 2 saturated heterocycles. The number of aryl methyl sites for hydroxylation is 1. The molecule has 18 nitrogen and oxygen atoms in total. The molecular weight excluding hydrogens is 938 g/mol. The first-order valence-corrected chi connectivity index (χ1v) is 25.7. The van der Waals surface area contributed by atoms with Crippen LogP contribution in [0.3, 0.4) is 0 Å². The smallest absolute Gasteiger partial charge is 0.266 e. The summed E-state index contributed by atoms with van der Waals surface area (Å²) in [5, 5.41) is 11.4. The lowest BCUT2D eigenvalue weighted by atomic mass is 9.86. The average Bonchev–Trinajstić information content (AvgIpc) is 3.58. The van der Waals surface area contributed by atoms with E-state index in [2.05, 4.69) is 31.2 Å². The van der Waals surface area contributed by atoms with Crippen molar-refractivity contribution >= 4 is 79.9 Å². The first kappa shape index (κ1) is 51.3. The molecule has 0 bridgehead atoms. The summed E-state index contributed by atoms with van der Waals surface area (Å²) in [5.41, 5.74) is 3.53. The third-order valence-electron chi connectivity index (χ3n) is 12.5. The van der Waals surface area contributed by atoms with Crippen LogP contribution in [0.15, 0.2) is 65.7 Å². The number of nitrogens with zero attached hydrogens (tertiary/aromatic N) is 4. The molecule has 1 aromatic heterocycles. The number of piperidine rings is 2. The molecule has 0 spiro atoms. The zero-order valence-corrected chi connectivity index (χ0v) is 41.6. The molecule has 20 heteroatoms. The number of carbonyl (C=O) groups is 6. The highest BCUT2D eigenvalue weighted by Gasteiger charge is 2.46. The largest absolute Gasteiger partial charge is 0.493 e. The van der Waals surface area contributed by atoms with Gasteiger partial charge in [-0.1, -0.05) is 29.8 Å². The van der Waals surface area contributed by atoms with Crippen molar-refractivity contribution in [1.29, 1.82) is 4.78 Å². The van der Waals surface area contributed by atoms with E-state index in [1.54, 1.807) is 50.2 Å². The summed E-state index contributed by atoms with van der Waals surface area (Å²) in [5.74, 6) is -0.911. The molecule has 6 amide bonds. The SMILES string of the molecule is Cc1cc(Nc2ncc(Cl)c(Nc3ccccc3S(=N)(=O)C(C)C)n2)c(OC(C)C)cc1C1CCN(C(=O)CCCC(=O)NCCCCOc2cccc3c2C(=O)N(C2CCC(=O)NC2=O)C3=O)CC1. The third kappa shape index (κ3) is 11.9. The minimum Gasteiger partial charge on any atom is -0.493 e. The van der Waals surface area contributed by atoms with E-state index in [4.69, 9.17) is 25.9 Å². The zero-order valence-electron chi connectivity index (χ0n) is 40.0. The van der Waals surface area contributed by atoms with E-state index in [0.29, 0.717) is 60.9 Å². The van der Waals surface area contributed by atoms with Crippen LogP contribution in [-0.4, -0.2) is 103 Å². The van der Waals surface area contributed by atoms with E-state index in [-0.39, 0.29) is 89.8 Å². The number of anilines is 4. The van der Waals surface area contributed by atoms with Crippen molar-refractivity contribution in [2.75, 3.05) is 36.9 Å². The van der Waals surface area contributed by atoms with Crippen molar-refractivity contribution in [2.45, 2.75) is 121 Å². The van der Waals surface area contributed by atoms with Crippen LogP contribution in [0, 0.1) is 11.7 Å². The lowest BCUT2D eigenvalue weighted by molar-refractivity contribution is -0.136. The molecule has 4 heterocycles. The van der Waals surface area contributed by atoms with E-state index in [0.717, 1.165) is 28.9 Å². The minimum atomic E-state index is -3.10. The Morgan fingerprint density at radius 1 is 0.914 bits per heavy atom. The number of para-hydroxylation sites is 1. The molecule has 3 aliphatic heterocycles. The van der Waals surface area contributed by atoms with Crippen molar-refractivity contribution in [3.05, 3.63) is 88.1 Å². The maximum atomic E-state index is 13.3. The quantitative estimate of drug-likeness (QED) is 0.0420. The molecule has 7 rings (SSSR count). The highest BCUT2D eigenvalue weighted by molar-refractivity contribution is 7.93. The van der Waals surface area contributed by atoms with Gasteiger partial charge < -0.3 is 30.3 Å². The van der Waals surface area contributed by atoms with Crippen molar-refractivity contribution in [3.63, 3.8) is 0 Å². The normalized spacial score (nSPS) is 17.1. The number of amides is 6. The summed E-state index contributed by atoms with van der Waals surface area (Å²) in [7, 11) is -3.10. The van der Waals surface area contributed by atoms with Gasteiger partial charge in [0.05, 0.1) is 56.0 Å². The van der Waals surface area contributed by atoms with Crippen LogP contribution in [0.2, 0.25) is 5.02 Å². The van der Waals surface area contributed by atoms with Crippen LogP contribution in [0.4, 0.5) is 23.1 Å². The second-order valence-electron chi connectivity index (χ2n) is 18.2. The van der Waals surface area contributed by atoms with Gasteiger partial charge in [0.2, 0.25) is 29.6 Å². The van der Waals surface area contributed by atoms with Crippen LogP contribution >= 0.6 is 11.6 Å². The Balaban J connectivity index is 0.845. The molecule has 2 unspecified atom stereocenters. The molecule has 5 N–H and O–H groups in total. The van der Waals surface area contributed by atoms with Gasteiger partial charge in [-0.15, -0.1) is 0 Å². The van der Waals surface area contributed by atoms with E-state index in [1.165, 1.54) is 12.3 Å². The van der Waals surface area contributed by atoms with Crippen LogP contribution in [0.1, 0.15) is 123 Å². The summed E-state index contributed by atoms with van der Waals surface area (Å²) in [6, 6.07) is 14.6. The fourth-order valence-electron chi connectivity index (χ4n) is 8.77. The van der Waals surface area contributed by atoms with Crippen LogP contribution in [0.5, 0.6) is 11.5 Å². The number of unbranched alkanes of at least 4 members (excludes halogenated alkanes) is 1. The van der Waals surface area contributed by atoms with E-state index in [1.807, 2.05) is 37.8 Å². The molecule has 3 aromatic carbocycles. The molecular formula is C50H60ClN9O9S. The maximum Gasteiger partial charge on any atom is 0.266 e. The van der Waals surface area contributed by atoms with Crippen molar-refractivity contribution in [3.8, 4) is 11.5 Å². The highest BCUT2D eigenvalue weighted by Crippen LogP contribution is 2.39. The van der Waals surface area contributed by atoms with E-state index >= 15 is 0 Å². The molecule has 2 fully saturated rings. The number of nitrogens with one attached hydrogen (secondary N) is 5. The standard InChI is InChI=1S/C50H60ClN9O9S/c1-29(2)69-40-27-34(31(5)26-37(40)56-50-54-28-35(51)46(58-50)55-36-13-6-7-15-41(36)70(52,67)30(3)4)32-20-23-59(24-21-32)44(63)17-11-16-42(61)53-22-8-9-25-68-39-14-10-12-33-45(39)49(66)60(48(33)65)38-18-19-43(62)57-47(38)64/h6-7,10,12-15,26-30,32,38,52H,8-9,11,16-25H2,1-5H3,(H,53,61)(H,57,62,64)(H2,54,55,56,58). The number of hydrogen-bond acceptors (Lipinski definition) is 14. The summed E-state index contributed by atoms with van der Waals surface area (Å²) in [6.07, 6.45) is 5.02. The Morgan fingerprint density at radius 3 is 2.40 bits per heavy atom. The van der Waals surface area contributed by atoms with Crippen LogP contribution in [0.25, 0.3) is 0 Å². The lowest BCUT2D eigenvalue weighted by Gasteiger charge is -2.33. The van der Waals surface area contributed by atoms with Gasteiger partial charge in [-0.25, -0.2) is 14.0 Å². The molecule has 0 radical (unpaired) electrons. The van der Waals surface area contributed by atoms with Crippen molar-refractivity contribution in [2.24, 2.45) is 0 Å². The average molecular weight is 999 g/mol. The van der Waals surface area contributed by atoms with Gasteiger partial charge in [-0.05, 0) is 127 Å². The molecule has 70 heavy (non-hydrogen) atoms. The Morgan fingerprint density at radius 2 is 1.67 bits per heavy atom. The third-order valence-corrected chi connectivity index (χ3v) is 15.1. The van der Waals surface area contributed by atoms with Crippen LogP contribution < -0.4 is 30.7 Å². The molecule has 2 atom stereocenters. The second-order valence-corrected chi connectivity index (χ2v) is 21.2. The first-order chi connectivity index (χ1) is 33.4. The monoisotopic (exact) mass is 997 g/mol. The Bertz CT molecular complexity index is 2780. The van der Waals surface area contributed by atoms with Gasteiger partial charge in [0, 0.05) is 44.1 Å². The number of hydrogen-bond donors (Lipinski definition) is 5. The predicted molar refractivity (Wildman–Crippen MR) is 265 cm³/mol. The molecule has 3 aliphatic rings. The highest BCUT2D eigenvalue weighted by atomic mass is 35.5. The molecule has 0 saturated carbocycles. The number of halogens is 1. The topological polar surface area (TPSA) is 242 Å². The van der Waals surface area contributed by atoms with Gasteiger partial charge in [-0.3, -0.25) is 39.0 Å². The van der Waals surface area contributed by atoms with Crippen molar-refractivity contribution in [1.82, 2.24) is 30.4 Å². The van der Waals surface area contributed by atoms with Gasteiger partial charge >= 0.3 is 0 Å². The fraction of sp³-hybridized carbons (Fsp3) is 0.440. The second kappa shape index (κ2) is 22.4. The van der Waals surface area contributed by atoms with E-state index in [9.17, 15) is 33.0 Å². The van der Waals surface area contributed by atoms with Gasteiger partial charge in [0.15, 0.2) is 5.82 Å². The fourth-order valence-corrected chi connectivity index (χ4v) is 10.1. The first-order valence-electron chi connectivity index (χ1n) is 23.7. The molecule has 0 aliphatic carbocycles. The summed E-state index contributed by atoms with van der Waals surface area (Å²) in [6.45, 7) is 11.3. The number of carbonyl (C=O) groups excluding carboxylic acids is 6. The van der Waals surface area contributed by atoms with Gasteiger partial charge in [0.1, 0.15) is 22.6 Å². The maximum absolute atomic E-state index is 13.3. The van der Waals surface area contributed by atoms with Gasteiger partial charge in [-0.2, -0.15) is 4.98 Å². The zero-order chi connectivity index (χ0) is 50.3. The number of fused-ring (bicyclic) bond motifs is 1. The Hall–Kier alpha value is -6.60. The number of ether oxygens (including phenoxy) is 2. The number of aromatic nitrogens is 2. The Kier molecular flexibility index (Phi) is 16.4. The molecule has 372 valence electrons. The minimum absolute atomic E-state index is 0.0184. The summed E-state index contributed by atoms with van der Waals surface area (Å²) < 4.78 is 34.1. The molecule has 4 aromatic rings. The number of benzene rings is 3. The number of rotatable bonds is 20. The predicted octanol–water partition coefficient (Wildman–Crippen LogP) is 7.78. The number of likely N-dealkylation sites (tertiary alicyclic amines) is 1. The van der Waals surface area contributed by atoms with Crippen LogP contribution in [-0.2, 0) is 28.9 Å².